The van der Waals surface area contributed by atoms with Crippen LogP contribution >= 0.6 is 0 Å². The Morgan fingerprint density at radius 2 is 1.95 bits per heavy atom. The molecule has 21 heavy (non-hydrogen) atoms. The average molecular weight is 285 g/mol. The van der Waals surface area contributed by atoms with Gasteiger partial charge in [0.2, 0.25) is 0 Å². The van der Waals surface area contributed by atoms with Crippen molar-refractivity contribution in [1.82, 2.24) is 20.4 Å². The monoisotopic (exact) mass is 285 g/mol. The van der Waals surface area contributed by atoms with E-state index in [1.165, 1.54) is 11.1 Å². The molecular formula is C16H23N5. The van der Waals surface area contributed by atoms with Crippen LogP contribution in [0.25, 0.3) is 0 Å². The summed E-state index contributed by atoms with van der Waals surface area (Å²) in [6.45, 7) is 5.44. The number of aromatic nitrogens is 2. The van der Waals surface area contributed by atoms with Crippen molar-refractivity contribution in [3.05, 3.63) is 52.8 Å². The van der Waals surface area contributed by atoms with Crippen molar-refractivity contribution in [2.45, 2.75) is 26.9 Å². The van der Waals surface area contributed by atoms with Gasteiger partial charge in [-0.1, -0.05) is 30.3 Å². The number of aromatic amines is 1. The highest BCUT2D eigenvalue weighted by Crippen LogP contribution is 2.08. The van der Waals surface area contributed by atoms with Crippen molar-refractivity contribution in [1.29, 1.82) is 0 Å². The summed E-state index contributed by atoms with van der Waals surface area (Å²) in [6, 6.07) is 10.3. The van der Waals surface area contributed by atoms with E-state index < -0.39 is 0 Å². The normalized spacial score (nSPS) is 11.5. The molecule has 0 spiro atoms. The molecule has 0 amide bonds. The van der Waals surface area contributed by atoms with Gasteiger partial charge in [-0.2, -0.15) is 5.10 Å². The highest BCUT2D eigenvalue weighted by Gasteiger charge is 2.08. The second kappa shape index (κ2) is 6.92. The van der Waals surface area contributed by atoms with E-state index in [4.69, 9.17) is 0 Å². The molecule has 0 atom stereocenters. The van der Waals surface area contributed by atoms with Crippen LogP contribution in [0.3, 0.4) is 0 Å². The van der Waals surface area contributed by atoms with Crippen LogP contribution in [0.4, 0.5) is 0 Å². The third-order valence-electron chi connectivity index (χ3n) is 3.38. The van der Waals surface area contributed by atoms with Gasteiger partial charge in [0.1, 0.15) is 0 Å². The molecule has 0 fully saturated rings. The van der Waals surface area contributed by atoms with Crippen molar-refractivity contribution in [2.75, 3.05) is 14.1 Å². The van der Waals surface area contributed by atoms with Crippen LogP contribution in [0.2, 0.25) is 0 Å². The van der Waals surface area contributed by atoms with Crippen LogP contribution in [0.5, 0.6) is 0 Å². The summed E-state index contributed by atoms with van der Waals surface area (Å²) in [4.78, 5) is 6.65. The van der Waals surface area contributed by atoms with E-state index >= 15 is 0 Å². The minimum Gasteiger partial charge on any atom is -0.352 e. The first-order valence-electron chi connectivity index (χ1n) is 7.08. The van der Waals surface area contributed by atoms with Gasteiger partial charge in [-0.3, -0.25) is 5.10 Å². The lowest BCUT2D eigenvalue weighted by Crippen LogP contribution is -2.36. The predicted molar refractivity (Wildman–Crippen MR) is 86.2 cm³/mol. The molecule has 5 heteroatoms. The summed E-state index contributed by atoms with van der Waals surface area (Å²) in [5, 5.41) is 10.6. The van der Waals surface area contributed by atoms with Crippen molar-refractivity contribution in [2.24, 2.45) is 4.99 Å². The Morgan fingerprint density at radius 1 is 1.24 bits per heavy atom. The Labute approximate surface area is 126 Å². The molecule has 0 unspecified atom stereocenters. The third-order valence-corrected chi connectivity index (χ3v) is 3.38. The maximum atomic E-state index is 4.65. The highest BCUT2D eigenvalue weighted by molar-refractivity contribution is 5.79. The minimum atomic E-state index is 0.671. The largest absolute Gasteiger partial charge is 0.352 e. The second-order valence-electron chi connectivity index (χ2n) is 5.29. The molecule has 112 valence electrons. The number of benzene rings is 1. The fraction of sp³-hybridized carbons (Fsp3) is 0.375. The number of rotatable bonds is 4. The second-order valence-corrected chi connectivity index (χ2v) is 5.29. The number of hydrogen-bond donors (Lipinski definition) is 2. The highest BCUT2D eigenvalue weighted by atomic mass is 15.3. The first-order chi connectivity index (χ1) is 10.1. The molecule has 0 aliphatic rings. The molecule has 2 N–H and O–H groups in total. The van der Waals surface area contributed by atoms with E-state index in [0.29, 0.717) is 6.54 Å². The zero-order valence-electron chi connectivity index (χ0n) is 13.1. The van der Waals surface area contributed by atoms with E-state index in [2.05, 4.69) is 32.6 Å². The van der Waals surface area contributed by atoms with Gasteiger partial charge in [-0.05, 0) is 19.4 Å². The minimum absolute atomic E-state index is 0.671. The molecule has 2 aromatic rings. The molecule has 2 rings (SSSR count). The topological polar surface area (TPSA) is 56.3 Å². The van der Waals surface area contributed by atoms with Gasteiger partial charge in [0.05, 0.1) is 12.2 Å². The zero-order chi connectivity index (χ0) is 15.2. The molecule has 5 nitrogen and oxygen atoms in total. The van der Waals surface area contributed by atoms with Crippen LogP contribution in [0.1, 0.15) is 22.5 Å². The summed E-state index contributed by atoms with van der Waals surface area (Å²) in [5.74, 6) is 0.874. The smallest absolute Gasteiger partial charge is 0.194 e. The first-order valence-corrected chi connectivity index (χ1v) is 7.08. The van der Waals surface area contributed by atoms with E-state index in [9.17, 15) is 0 Å². The molecule has 0 saturated heterocycles. The molecule has 0 radical (unpaired) electrons. The quantitative estimate of drug-likeness (QED) is 0.669. The number of hydrogen-bond acceptors (Lipinski definition) is 2. The summed E-state index contributed by atoms with van der Waals surface area (Å²) < 4.78 is 0. The van der Waals surface area contributed by atoms with Gasteiger partial charge in [0.25, 0.3) is 0 Å². The maximum Gasteiger partial charge on any atom is 0.194 e. The van der Waals surface area contributed by atoms with Gasteiger partial charge >= 0.3 is 0 Å². The van der Waals surface area contributed by atoms with E-state index in [1.54, 1.807) is 0 Å². The summed E-state index contributed by atoms with van der Waals surface area (Å²) in [5.41, 5.74) is 4.53. The molecule has 0 aliphatic carbocycles. The molecule has 0 bridgehead atoms. The van der Waals surface area contributed by atoms with E-state index in [-0.39, 0.29) is 0 Å². The van der Waals surface area contributed by atoms with E-state index in [0.717, 1.165) is 23.9 Å². The fourth-order valence-corrected chi connectivity index (χ4v) is 2.11. The van der Waals surface area contributed by atoms with Gasteiger partial charge in [0.15, 0.2) is 5.96 Å². The lowest BCUT2D eigenvalue weighted by atomic mass is 10.2. The molecule has 1 heterocycles. The zero-order valence-corrected chi connectivity index (χ0v) is 13.1. The number of aryl methyl sites for hydroxylation is 2. The number of nitrogens with zero attached hydrogens (tertiary/aromatic N) is 3. The number of H-pyrrole nitrogens is 1. The SMILES string of the molecule is Cc1n[nH]c(C)c1CNC(=NCc1ccccc1)N(C)C. The van der Waals surface area contributed by atoms with Crippen LogP contribution in [-0.4, -0.2) is 35.2 Å². The Hall–Kier alpha value is -2.30. The molecule has 1 aromatic carbocycles. The molecule has 0 saturated carbocycles. The van der Waals surface area contributed by atoms with Crippen molar-refractivity contribution in [3.63, 3.8) is 0 Å². The van der Waals surface area contributed by atoms with Crippen LogP contribution in [0.15, 0.2) is 35.3 Å². The Kier molecular flexibility index (Phi) is 4.98. The van der Waals surface area contributed by atoms with Crippen molar-refractivity contribution < 1.29 is 0 Å². The van der Waals surface area contributed by atoms with Gasteiger partial charge in [-0.15, -0.1) is 0 Å². The van der Waals surface area contributed by atoms with Gasteiger partial charge in [-0.25, -0.2) is 4.99 Å². The van der Waals surface area contributed by atoms with E-state index in [1.807, 2.05) is 51.0 Å². The number of guanidine groups is 1. The van der Waals surface area contributed by atoms with Crippen molar-refractivity contribution >= 4 is 5.96 Å². The standard InChI is InChI=1S/C16H23N5/c1-12-15(13(2)20-19-12)11-18-16(21(3)4)17-10-14-8-6-5-7-9-14/h5-9H,10-11H2,1-4H3,(H,17,18)(H,19,20). The predicted octanol–water partition coefficient (Wildman–Crippen LogP) is 2.23. The lowest BCUT2D eigenvalue weighted by Gasteiger charge is -2.18. The first kappa shape index (κ1) is 15.1. The van der Waals surface area contributed by atoms with Crippen LogP contribution in [0, 0.1) is 13.8 Å². The van der Waals surface area contributed by atoms with Crippen LogP contribution < -0.4 is 5.32 Å². The fourth-order valence-electron chi connectivity index (χ4n) is 2.11. The summed E-state index contributed by atoms with van der Waals surface area (Å²) in [7, 11) is 3.98. The molecule has 1 aromatic heterocycles. The maximum absolute atomic E-state index is 4.65. The lowest BCUT2D eigenvalue weighted by molar-refractivity contribution is 0.578. The Morgan fingerprint density at radius 3 is 2.52 bits per heavy atom. The molecule has 0 aliphatic heterocycles. The molecular weight excluding hydrogens is 262 g/mol. The van der Waals surface area contributed by atoms with Crippen LogP contribution in [-0.2, 0) is 13.1 Å². The third kappa shape index (κ3) is 4.08. The Bertz CT molecular complexity index is 579. The van der Waals surface area contributed by atoms with Crippen molar-refractivity contribution in [3.8, 4) is 0 Å². The van der Waals surface area contributed by atoms with Gasteiger partial charge < -0.3 is 10.2 Å². The average Bonchev–Trinajstić information content (AvgIpc) is 2.79. The Balaban J connectivity index is 2.02. The number of aliphatic imine (C=N–C) groups is 1. The number of nitrogens with one attached hydrogen (secondary N) is 2. The van der Waals surface area contributed by atoms with Gasteiger partial charge in [0, 0.05) is 31.9 Å². The summed E-state index contributed by atoms with van der Waals surface area (Å²) >= 11 is 0. The summed E-state index contributed by atoms with van der Waals surface area (Å²) in [6.07, 6.45) is 0.